The van der Waals surface area contributed by atoms with E-state index < -0.39 is 0 Å². The van der Waals surface area contributed by atoms with E-state index in [4.69, 9.17) is 0 Å². The van der Waals surface area contributed by atoms with Crippen LogP contribution in [0.4, 0.5) is 0 Å². The monoisotopic (exact) mass is 376 g/mol. The summed E-state index contributed by atoms with van der Waals surface area (Å²) in [5.41, 5.74) is 1.91. The zero-order valence-corrected chi connectivity index (χ0v) is 15.7. The number of hydrogen-bond acceptors (Lipinski definition) is 3. The minimum atomic E-state index is -0.329. The van der Waals surface area contributed by atoms with Crippen LogP contribution in [-0.2, 0) is 14.4 Å². The molecule has 2 atom stereocenters. The lowest BCUT2D eigenvalue weighted by atomic mass is 9.81. The van der Waals surface area contributed by atoms with E-state index in [0.29, 0.717) is 0 Å². The second-order valence-corrected chi connectivity index (χ2v) is 7.58. The van der Waals surface area contributed by atoms with E-state index in [2.05, 4.69) is 5.32 Å². The van der Waals surface area contributed by atoms with E-state index in [-0.39, 0.29) is 42.1 Å². The van der Waals surface area contributed by atoms with Crippen LogP contribution >= 0.6 is 0 Å². The number of carbonyl (C=O) groups excluding carboxylic acids is 3. The second kappa shape index (κ2) is 7.97. The first kappa shape index (κ1) is 18.4. The standard InChI is InChI=1S/C23H24N2O3/c26-20(15-25-22(27)18-13-7-8-14-19(18)23(25)28)24-21(16-9-3-1-4-10-16)17-11-5-2-6-12-17/h1-6,9-12,18-19,21H,7-8,13-15H2,(H,24,26). The molecule has 1 heterocycles. The van der Waals surface area contributed by atoms with Gasteiger partial charge in [-0.3, -0.25) is 19.3 Å². The summed E-state index contributed by atoms with van der Waals surface area (Å²) in [6.45, 7) is -0.208. The predicted molar refractivity (Wildman–Crippen MR) is 105 cm³/mol. The van der Waals surface area contributed by atoms with Crippen molar-refractivity contribution in [2.24, 2.45) is 11.8 Å². The molecule has 2 aromatic rings. The lowest BCUT2D eigenvalue weighted by Gasteiger charge is -2.22. The molecule has 0 aromatic heterocycles. The van der Waals surface area contributed by atoms with Gasteiger partial charge in [0.2, 0.25) is 17.7 Å². The van der Waals surface area contributed by atoms with Crippen LogP contribution in [0.1, 0.15) is 42.9 Å². The summed E-state index contributed by atoms with van der Waals surface area (Å²) < 4.78 is 0. The summed E-state index contributed by atoms with van der Waals surface area (Å²) >= 11 is 0. The fraction of sp³-hybridized carbons (Fsp3) is 0.348. The van der Waals surface area contributed by atoms with Crippen LogP contribution in [0.3, 0.4) is 0 Å². The second-order valence-electron chi connectivity index (χ2n) is 7.58. The van der Waals surface area contributed by atoms with Crippen LogP contribution < -0.4 is 5.32 Å². The highest BCUT2D eigenvalue weighted by Gasteiger charge is 2.48. The van der Waals surface area contributed by atoms with Gasteiger partial charge in [-0.25, -0.2) is 0 Å². The van der Waals surface area contributed by atoms with Gasteiger partial charge in [-0.2, -0.15) is 0 Å². The highest BCUT2D eigenvalue weighted by molar-refractivity contribution is 6.07. The Bertz CT molecular complexity index is 802. The number of nitrogens with one attached hydrogen (secondary N) is 1. The topological polar surface area (TPSA) is 66.5 Å². The van der Waals surface area contributed by atoms with Crippen molar-refractivity contribution in [3.05, 3.63) is 71.8 Å². The van der Waals surface area contributed by atoms with Crippen LogP contribution in [0, 0.1) is 11.8 Å². The minimum Gasteiger partial charge on any atom is -0.344 e. The summed E-state index contributed by atoms with van der Waals surface area (Å²) in [6, 6.07) is 19.1. The molecule has 2 fully saturated rings. The normalized spacial score (nSPS) is 21.7. The van der Waals surface area contributed by atoms with Crippen molar-refractivity contribution < 1.29 is 14.4 Å². The summed E-state index contributed by atoms with van der Waals surface area (Å²) in [5, 5.41) is 3.01. The van der Waals surface area contributed by atoms with Crippen molar-refractivity contribution in [3.8, 4) is 0 Å². The van der Waals surface area contributed by atoms with Crippen LogP contribution in [0.15, 0.2) is 60.7 Å². The molecule has 3 amide bonds. The number of hydrogen-bond donors (Lipinski definition) is 1. The first-order valence-corrected chi connectivity index (χ1v) is 9.89. The SMILES string of the molecule is O=C(CN1C(=O)C2CCCCC2C1=O)NC(c1ccccc1)c1ccccc1. The molecule has 1 saturated carbocycles. The highest BCUT2D eigenvalue weighted by Crippen LogP contribution is 2.37. The number of rotatable bonds is 5. The van der Waals surface area contributed by atoms with Crippen molar-refractivity contribution in [1.82, 2.24) is 10.2 Å². The third kappa shape index (κ3) is 3.57. The van der Waals surface area contributed by atoms with Gasteiger partial charge in [-0.05, 0) is 24.0 Å². The smallest absolute Gasteiger partial charge is 0.240 e. The van der Waals surface area contributed by atoms with Crippen LogP contribution in [-0.4, -0.2) is 29.2 Å². The molecule has 144 valence electrons. The zero-order chi connectivity index (χ0) is 19.5. The lowest BCUT2D eigenvalue weighted by molar-refractivity contribution is -0.143. The third-order valence-electron chi connectivity index (χ3n) is 5.81. The molecule has 5 nitrogen and oxygen atoms in total. The van der Waals surface area contributed by atoms with Crippen molar-refractivity contribution in [2.75, 3.05) is 6.54 Å². The minimum absolute atomic E-state index is 0.180. The Hall–Kier alpha value is -2.95. The largest absolute Gasteiger partial charge is 0.344 e. The fourth-order valence-corrected chi connectivity index (χ4v) is 4.39. The Morgan fingerprint density at radius 3 is 1.79 bits per heavy atom. The molecule has 0 bridgehead atoms. The van der Waals surface area contributed by atoms with Gasteiger partial charge < -0.3 is 5.32 Å². The van der Waals surface area contributed by atoms with E-state index in [9.17, 15) is 14.4 Å². The molecule has 28 heavy (non-hydrogen) atoms. The van der Waals surface area contributed by atoms with Gasteiger partial charge in [0.1, 0.15) is 6.54 Å². The number of likely N-dealkylation sites (tertiary alicyclic amines) is 1. The van der Waals surface area contributed by atoms with Crippen LogP contribution in [0.25, 0.3) is 0 Å². The molecule has 1 saturated heterocycles. The number of fused-ring (bicyclic) bond motifs is 1. The van der Waals surface area contributed by atoms with Gasteiger partial charge in [0, 0.05) is 0 Å². The molecule has 5 heteroatoms. The third-order valence-corrected chi connectivity index (χ3v) is 5.81. The first-order valence-electron chi connectivity index (χ1n) is 9.89. The van der Waals surface area contributed by atoms with E-state index in [0.717, 1.165) is 36.8 Å². The molecular weight excluding hydrogens is 352 g/mol. The maximum absolute atomic E-state index is 12.8. The Morgan fingerprint density at radius 2 is 1.32 bits per heavy atom. The number of imide groups is 1. The number of amides is 3. The van der Waals surface area contributed by atoms with E-state index in [1.54, 1.807) is 0 Å². The fourth-order valence-electron chi connectivity index (χ4n) is 4.39. The summed E-state index contributed by atoms with van der Waals surface area (Å²) in [4.78, 5) is 39.2. The van der Waals surface area contributed by atoms with Crippen molar-refractivity contribution in [2.45, 2.75) is 31.7 Å². The Labute approximate surface area is 164 Å². The number of carbonyl (C=O) groups is 3. The first-order chi connectivity index (χ1) is 13.6. The Balaban J connectivity index is 1.51. The molecule has 1 aliphatic heterocycles. The Morgan fingerprint density at radius 1 is 0.857 bits per heavy atom. The quantitative estimate of drug-likeness (QED) is 0.816. The van der Waals surface area contributed by atoms with E-state index >= 15 is 0 Å². The molecule has 0 spiro atoms. The van der Waals surface area contributed by atoms with Gasteiger partial charge in [0.05, 0.1) is 17.9 Å². The lowest BCUT2D eigenvalue weighted by Crippen LogP contribution is -2.42. The summed E-state index contributed by atoms with van der Waals surface area (Å²) in [6.07, 6.45) is 3.46. The maximum atomic E-state index is 12.8. The molecule has 2 aromatic carbocycles. The average Bonchev–Trinajstić information content (AvgIpc) is 2.98. The molecule has 1 aliphatic carbocycles. The molecule has 4 rings (SSSR count). The highest BCUT2D eigenvalue weighted by atomic mass is 16.2. The van der Waals surface area contributed by atoms with E-state index in [1.807, 2.05) is 60.7 Å². The zero-order valence-electron chi connectivity index (χ0n) is 15.7. The Kier molecular flexibility index (Phi) is 5.24. The van der Waals surface area contributed by atoms with Gasteiger partial charge in [-0.1, -0.05) is 73.5 Å². The van der Waals surface area contributed by atoms with Gasteiger partial charge >= 0.3 is 0 Å². The molecule has 2 unspecified atom stereocenters. The van der Waals surface area contributed by atoms with Crippen molar-refractivity contribution >= 4 is 17.7 Å². The molecule has 0 radical (unpaired) electrons. The molecular formula is C23H24N2O3. The van der Waals surface area contributed by atoms with Gasteiger partial charge in [-0.15, -0.1) is 0 Å². The predicted octanol–water partition coefficient (Wildman–Crippen LogP) is 3.07. The van der Waals surface area contributed by atoms with Crippen molar-refractivity contribution in [1.29, 1.82) is 0 Å². The summed E-state index contributed by atoms with van der Waals surface area (Å²) in [7, 11) is 0. The molecule has 2 aliphatic rings. The molecule has 1 N–H and O–H groups in total. The van der Waals surface area contributed by atoms with E-state index in [1.165, 1.54) is 4.90 Å². The van der Waals surface area contributed by atoms with Gasteiger partial charge in [0.25, 0.3) is 0 Å². The van der Waals surface area contributed by atoms with Crippen LogP contribution in [0.5, 0.6) is 0 Å². The summed E-state index contributed by atoms with van der Waals surface area (Å²) in [5.74, 6) is -1.14. The number of nitrogens with zero attached hydrogens (tertiary/aromatic N) is 1. The average molecular weight is 376 g/mol. The van der Waals surface area contributed by atoms with Gasteiger partial charge in [0.15, 0.2) is 0 Å². The van der Waals surface area contributed by atoms with Crippen LogP contribution in [0.2, 0.25) is 0 Å². The van der Waals surface area contributed by atoms with Crippen molar-refractivity contribution in [3.63, 3.8) is 0 Å². The maximum Gasteiger partial charge on any atom is 0.240 e. The number of benzene rings is 2.